The number of methoxy groups -OCH3 is 1. The highest BCUT2D eigenvalue weighted by Crippen LogP contribution is 2.36. The third kappa shape index (κ3) is 3.75. The Balaban J connectivity index is 1.82. The monoisotopic (exact) mass is 413 g/mol. The van der Waals surface area contributed by atoms with Crippen molar-refractivity contribution in [3.8, 4) is 5.75 Å². The zero-order valence-electron chi connectivity index (χ0n) is 17.6. The predicted octanol–water partition coefficient (Wildman–Crippen LogP) is 4.16. The van der Waals surface area contributed by atoms with Crippen molar-refractivity contribution < 1.29 is 14.3 Å². The largest absolute Gasteiger partial charge is 0.495 e. The van der Waals surface area contributed by atoms with Gasteiger partial charge in [-0.2, -0.15) is 0 Å². The number of anilines is 3. The molecule has 1 N–H and O–H groups in total. The number of hydrogen-bond donors (Lipinski definition) is 1. The van der Waals surface area contributed by atoms with Gasteiger partial charge < -0.3 is 15.0 Å². The molecule has 0 saturated carbocycles. The van der Waals surface area contributed by atoms with Crippen LogP contribution in [0.15, 0.2) is 84.6 Å². The first kappa shape index (κ1) is 20.2. The Bertz CT molecular complexity index is 1170. The summed E-state index contributed by atoms with van der Waals surface area (Å²) in [4.78, 5) is 30.2. The normalized spacial score (nSPS) is 13.6. The second kappa shape index (κ2) is 8.36. The fraction of sp³-hybridized carbons (Fsp3) is 0.120. The molecule has 0 radical (unpaired) electrons. The molecule has 1 aliphatic heterocycles. The molecule has 1 heterocycles. The smallest absolute Gasteiger partial charge is 0.282 e. The highest BCUT2D eigenvalue weighted by molar-refractivity contribution is 6.46. The zero-order chi connectivity index (χ0) is 22.0. The quantitative estimate of drug-likeness (QED) is 0.615. The van der Waals surface area contributed by atoms with Crippen LogP contribution in [-0.2, 0) is 9.59 Å². The van der Waals surface area contributed by atoms with E-state index in [2.05, 4.69) is 5.32 Å². The molecule has 156 valence electrons. The second-order valence-corrected chi connectivity index (χ2v) is 7.30. The maximum atomic E-state index is 13.5. The Morgan fingerprint density at radius 1 is 0.839 bits per heavy atom. The van der Waals surface area contributed by atoms with Crippen molar-refractivity contribution in [2.45, 2.75) is 0 Å². The number of carbonyl (C=O) groups excluding carboxylic acids is 2. The first-order valence-electron chi connectivity index (χ1n) is 9.87. The summed E-state index contributed by atoms with van der Waals surface area (Å²) < 4.78 is 5.41. The SMILES string of the molecule is COc1ccccc1NC1=C(c2ccccc2)C(=O)N(c2cccc(N(C)C)c2)C1=O. The van der Waals surface area contributed by atoms with E-state index in [4.69, 9.17) is 4.74 Å². The van der Waals surface area contributed by atoms with Gasteiger partial charge in [-0.05, 0) is 35.9 Å². The molecule has 4 rings (SSSR count). The van der Waals surface area contributed by atoms with E-state index in [1.54, 1.807) is 19.2 Å². The molecular weight excluding hydrogens is 390 g/mol. The van der Waals surface area contributed by atoms with Crippen molar-refractivity contribution in [3.05, 3.63) is 90.1 Å². The van der Waals surface area contributed by atoms with Crippen LogP contribution in [0.25, 0.3) is 5.57 Å². The number of nitrogens with zero attached hydrogens (tertiary/aromatic N) is 2. The van der Waals surface area contributed by atoms with E-state index >= 15 is 0 Å². The van der Waals surface area contributed by atoms with Gasteiger partial charge in [0, 0.05) is 19.8 Å². The minimum absolute atomic E-state index is 0.218. The third-order valence-corrected chi connectivity index (χ3v) is 5.12. The summed E-state index contributed by atoms with van der Waals surface area (Å²) in [6, 6.07) is 23.8. The summed E-state index contributed by atoms with van der Waals surface area (Å²) in [6.07, 6.45) is 0. The lowest BCUT2D eigenvalue weighted by Gasteiger charge is -2.19. The predicted molar refractivity (Wildman–Crippen MR) is 123 cm³/mol. The molecule has 3 aromatic rings. The molecule has 3 aromatic carbocycles. The molecule has 0 aromatic heterocycles. The topological polar surface area (TPSA) is 61.9 Å². The highest BCUT2D eigenvalue weighted by atomic mass is 16.5. The standard InChI is InChI=1S/C25H23N3O3/c1-27(2)18-12-9-13-19(16-18)28-24(29)22(17-10-5-4-6-11-17)23(25(28)30)26-20-14-7-8-15-21(20)31-3/h4-16,26H,1-3H3. The maximum Gasteiger partial charge on any atom is 0.282 e. The number of para-hydroxylation sites is 2. The molecule has 0 bridgehead atoms. The number of benzene rings is 3. The lowest BCUT2D eigenvalue weighted by atomic mass is 10.0. The zero-order valence-corrected chi connectivity index (χ0v) is 17.6. The Kier molecular flexibility index (Phi) is 5.45. The number of rotatable bonds is 6. The molecule has 0 saturated heterocycles. The van der Waals surface area contributed by atoms with Crippen LogP contribution < -0.4 is 19.9 Å². The fourth-order valence-corrected chi connectivity index (χ4v) is 3.55. The van der Waals surface area contributed by atoms with Crippen LogP contribution in [0.3, 0.4) is 0 Å². The van der Waals surface area contributed by atoms with Crippen molar-refractivity contribution in [3.63, 3.8) is 0 Å². The van der Waals surface area contributed by atoms with Crippen LogP contribution in [0.1, 0.15) is 5.56 Å². The second-order valence-electron chi connectivity index (χ2n) is 7.30. The fourth-order valence-electron chi connectivity index (χ4n) is 3.55. The Labute approximate surface area is 181 Å². The minimum Gasteiger partial charge on any atom is -0.495 e. The van der Waals surface area contributed by atoms with Gasteiger partial charge in [0.25, 0.3) is 11.8 Å². The van der Waals surface area contributed by atoms with Gasteiger partial charge in [-0.3, -0.25) is 9.59 Å². The molecule has 1 aliphatic rings. The molecular formula is C25H23N3O3. The Hall–Kier alpha value is -4.06. The van der Waals surface area contributed by atoms with E-state index in [9.17, 15) is 9.59 Å². The molecule has 0 unspecified atom stereocenters. The van der Waals surface area contributed by atoms with Gasteiger partial charge in [-0.1, -0.05) is 48.5 Å². The molecule has 2 amide bonds. The van der Waals surface area contributed by atoms with Crippen LogP contribution in [-0.4, -0.2) is 33.0 Å². The summed E-state index contributed by atoms with van der Waals surface area (Å²) in [6.45, 7) is 0. The van der Waals surface area contributed by atoms with Gasteiger partial charge in [0.1, 0.15) is 11.4 Å². The van der Waals surface area contributed by atoms with Crippen LogP contribution in [0.5, 0.6) is 5.75 Å². The lowest BCUT2D eigenvalue weighted by Crippen LogP contribution is -2.32. The van der Waals surface area contributed by atoms with Crippen LogP contribution >= 0.6 is 0 Å². The van der Waals surface area contributed by atoms with E-state index in [1.165, 1.54) is 4.90 Å². The van der Waals surface area contributed by atoms with Crippen LogP contribution in [0.4, 0.5) is 17.1 Å². The van der Waals surface area contributed by atoms with Gasteiger partial charge in [0.2, 0.25) is 0 Å². The number of nitrogens with one attached hydrogen (secondary N) is 1. The summed E-state index contributed by atoms with van der Waals surface area (Å²) in [5, 5.41) is 3.16. The first-order valence-corrected chi connectivity index (χ1v) is 9.87. The van der Waals surface area contributed by atoms with E-state index in [0.29, 0.717) is 28.3 Å². The van der Waals surface area contributed by atoms with Crippen LogP contribution in [0, 0.1) is 0 Å². The number of imide groups is 1. The van der Waals surface area contributed by atoms with E-state index < -0.39 is 5.91 Å². The number of amides is 2. The van der Waals surface area contributed by atoms with Gasteiger partial charge in [0.05, 0.1) is 24.1 Å². The van der Waals surface area contributed by atoms with Gasteiger partial charge in [-0.15, -0.1) is 0 Å². The summed E-state index contributed by atoms with van der Waals surface area (Å²) >= 11 is 0. The van der Waals surface area contributed by atoms with Gasteiger partial charge in [-0.25, -0.2) is 4.90 Å². The maximum absolute atomic E-state index is 13.5. The summed E-state index contributed by atoms with van der Waals surface area (Å²) in [7, 11) is 5.39. The molecule has 31 heavy (non-hydrogen) atoms. The molecule has 0 aliphatic carbocycles. The Morgan fingerprint density at radius 3 is 2.26 bits per heavy atom. The van der Waals surface area contributed by atoms with Gasteiger partial charge >= 0.3 is 0 Å². The lowest BCUT2D eigenvalue weighted by molar-refractivity contribution is -0.120. The number of carbonyl (C=O) groups is 2. The van der Waals surface area contributed by atoms with E-state index in [-0.39, 0.29) is 11.6 Å². The van der Waals surface area contributed by atoms with Crippen molar-refractivity contribution in [1.29, 1.82) is 0 Å². The molecule has 0 spiro atoms. The van der Waals surface area contributed by atoms with Crippen LogP contribution in [0.2, 0.25) is 0 Å². The molecule has 6 nitrogen and oxygen atoms in total. The highest BCUT2D eigenvalue weighted by Gasteiger charge is 2.40. The summed E-state index contributed by atoms with van der Waals surface area (Å²) in [5.74, 6) is -0.203. The first-order chi connectivity index (χ1) is 15.0. The van der Waals surface area contributed by atoms with Crippen molar-refractivity contribution in [2.24, 2.45) is 0 Å². The third-order valence-electron chi connectivity index (χ3n) is 5.12. The average Bonchev–Trinajstić information content (AvgIpc) is 3.04. The summed E-state index contributed by atoms with van der Waals surface area (Å²) in [5.41, 5.74) is 3.24. The van der Waals surface area contributed by atoms with Gasteiger partial charge in [0.15, 0.2) is 0 Å². The van der Waals surface area contributed by atoms with Crippen molar-refractivity contribution in [1.82, 2.24) is 0 Å². The van der Waals surface area contributed by atoms with Crippen molar-refractivity contribution in [2.75, 3.05) is 36.3 Å². The molecule has 0 fully saturated rings. The van der Waals surface area contributed by atoms with E-state index in [1.807, 2.05) is 85.7 Å². The Morgan fingerprint density at radius 2 is 1.55 bits per heavy atom. The molecule has 6 heteroatoms. The number of ether oxygens (including phenoxy) is 1. The average molecular weight is 413 g/mol. The minimum atomic E-state index is -0.411. The molecule has 0 atom stereocenters. The number of hydrogen-bond acceptors (Lipinski definition) is 5. The van der Waals surface area contributed by atoms with Crippen molar-refractivity contribution >= 4 is 34.4 Å². The van der Waals surface area contributed by atoms with E-state index in [0.717, 1.165) is 5.69 Å².